The molecule has 5 heteroatoms. The highest BCUT2D eigenvalue weighted by atomic mass is 16.4. The highest BCUT2D eigenvalue weighted by Crippen LogP contribution is 2.13. The second kappa shape index (κ2) is 6.05. The van der Waals surface area contributed by atoms with Gasteiger partial charge in [-0.3, -0.25) is 4.79 Å². The lowest BCUT2D eigenvalue weighted by molar-refractivity contribution is -0.140. The predicted molar refractivity (Wildman–Crippen MR) is 69.2 cm³/mol. The molecule has 0 aliphatic carbocycles. The Kier molecular flexibility index (Phi) is 4.71. The standard InChI is InChI=1S/C13H18N2O3/c1-3-8(2)11(13(17)18)15-12(16)9-6-4-5-7-10(9)14/h4-8,11H,3,14H2,1-2H3,(H,15,16)(H,17,18)/t8?,11-/m0/s1. The number of amides is 1. The van der Waals surface area contributed by atoms with Gasteiger partial charge in [0.25, 0.3) is 5.91 Å². The number of nitrogens with one attached hydrogen (secondary N) is 1. The number of carboxylic acid groups (broad SMARTS) is 1. The zero-order chi connectivity index (χ0) is 13.7. The van der Waals surface area contributed by atoms with Crippen LogP contribution in [-0.4, -0.2) is 23.0 Å². The summed E-state index contributed by atoms with van der Waals surface area (Å²) in [5.74, 6) is -1.63. The molecule has 98 valence electrons. The van der Waals surface area contributed by atoms with Gasteiger partial charge in [-0.1, -0.05) is 32.4 Å². The van der Waals surface area contributed by atoms with Gasteiger partial charge < -0.3 is 16.2 Å². The number of carbonyl (C=O) groups is 2. The molecule has 18 heavy (non-hydrogen) atoms. The lowest BCUT2D eigenvalue weighted by Gasteiger charge is -2.20. The first-order chi connectivity index (χ1) is 8.47. The number of carboxylic acids is 1. The first-order valence-corrected chi connectivity index (χ1v) is 5.85. The minimum absolute atomic E-state index is 0.142. The van der Waals surface area contributed by atoms with Crippen molar-refractivity contribution >= 4 is 17.6 Å². The lowest BCUT2D eigenvalue weighted by atomic mass is 9.99. The van der Waals surface area contributed by atoms with Gasteiger partial charge in [-0.05, 0) is 18.1 Å². The highest BCUT2D eigenvalue weighted by Gasteiger charge is 2.26. The van der Waals surface area contributed by atoms with Gasteiger partial charge in [-0.25, -0.2) is 4.79 Å². The zero-order valence-corrected chi connectivity index (χ0v) is 10.5. The molecule has 1 amide bonds. The number of nitrogen functional groups attached to an aromatic ring is 1. The maximum absolute atomic E-state index is 11.9. The van der Waals surface area contributed by atoms with Crippen molar-refractivity contribution in [2.75, 3.05) is 5.73 Å². The summed E-state index contributed by atoms with van der Waals surface area (Å²) in [4.78, 5) is 23.1. The molecule has 1 aromatic carbocycles. The molecule has 0 spiro atoms. The molecular formula is C13H18N2O3. The molecule has 0 aromatic heterocycles. The van der Waals surface area contributed by atoms with Crippen molar-refractivity contribution in [1.29, 1.82) is 0 Å². The van der Waals surface area contributed by atoms with Crippen molar-refractivity contribution < 1.29 is 14.7 Å². The van der Waals surface area contributed by atoms with Gasteiger partial charge in [0.2, 0.25) is 0 Å². The van der Waals surface area contributed by atoms with Gasteiger partial charge in [0.05, 0.1) is 5.56 Å². The van der Waals surface area contributed by atoms with Crippen LogP contribution in [0.25, 0.3) is 0 Å². The molecule has 0 fully saturated rings. The van der Waals surface area contributed by atoms with Crippen molar-refractivity contribution in [2.24, 2.45) is 5.92 Å². The van der Waals surface area contributed by atoms with E-state index >= 15 is 0 Å². The molecular weight excluding hydrogens is 232 g/mol. The largest absolute Gasteiger partial charge is 0.480 e. The fourth-order valence-electron chi connectivity index (χ4n) is 1.61. The van der Waals surface area contributed by atoms with Crippen LogP contribution in [0.2, 0.25) is 0 Å². The third-order valence-electron chi connectivity index (χ3n) is 2.97. The van der Waals surface area contributed by atoms with E-state index in [0.29, 0.717) is 17.7 Å². The molecule has 0 saturated carbocycles. The molecule has 0 bridgehead atoms. The molecule has 0 aliphatic rings. The molecule has 5 nitrogen and oxygen atoms in total. The van der Waals surface area contributed by atoms with Gasteiger partial charge in [0.1, 0.15) is 6.04 Å². The summed E-state index contributed by atoms with van der Waals surface area (Å²) in [6, 6.07) is 5.68. The van der Waals surface area contributed by atoms with Crippen LogP contribution < -0.4 is 11.1 Å². The first kappa shape index (κ1) is 14.0. The van der Waals surface area contributed by atoms with Crippen molar-refractivity contribution in [1.82, 2.24) is 5.32 Å². The predicted octanol–water partition coefficient (Wildman–Crippen LogP) is 1.50. The van der Waals surface area contributed by atoms with Crippen molar-refractivity contribution in [3.05, 3.63) is 29.8 Å². The van der Waals surface area contributed by atoms with Crippen LogP contribution >= 0.6 is 0 Å². The summed E-state index contributed by atoms with van der Waals surface area (Å²) in [6.45, 7) is 3.66. The second-order valence-electron chi connectivity index (χ2n) is 4.26. The summed E-state index contributed by atoms with van der Waals surface area (Å²) >= 11 is 0. The molecule has 2 atom stereocenters. The normalized spacial score (nSPS) is 13.7. The Morgan fingerprint density at radius 1 is 1.39 bits per heavy atom. The van der Waals surface area contributed by atoms with Crippen LogP contribution in [0.5, 0.6) is 0 Å². The smallest absolute Gasteiger partial charge is 0.326 e. The zero-order valence-electron chi connectivity index (χ0n) is 10.5. The molecule has 0 saturated heterocycles. The third-order valence-corrected chi connectivity index (χ3v) is 2.97. The summed E-state index contributed by atoms with van der Waals surface area (Å²) in [5.41, 5.74) is 6.31. The van der Waals surface area contributed by atoms with Gasteiger partial charge in [0.15, 0.2) is 0 Å². The molecule has 0 aliphatic heterocycles. The van der Waals surface area contributed by atoms with E-state index in [4.69, 9.17) is 10.8 Å². The number of anilines is 1. The van der Waals surface area contributed by atoms with E-state index in [9.17, 15) is 9.59 Å². The Bertz CT molecular complexity index is 446. The summed E-state index contributed by atoms with van der Waals surface area (Å²) in [5, 5.41) is 11.6. The topological polar surface area (TPSA) is 92.4 Å². The van der Waals surface area contributed by atoms with E-state index in [0.717, 1.165) is 0 Å². The molecule has 1 rings (SSSR count). The van der Waals surface area contributed by atoms with Gasteiger partial charge in [-0.15, -0.1) is 0 Å². The highest BCUT2D eigenvalue weighted by molar-refractivity contribution is 6.00. The minimum Gasteiger partial charge on any atom is -0.480 e. The number of benzene rings is 1. The molecule has 0 radical (unpaired) electrons. The fourth-order valence-corrected chi connectivity index (χ4v) is 1.61. The number of nitrogens with two attached hydrogens (primary N) is 1. The maximum Gasteiger partial charge on any atom is 0.326 e. The van der Waals surface area contributed by atoms with E-state index in [2.05, 4.69) is 5.32 Å². The number of rotatable bonds is 5. The quantitative estimate of drug-likeness (QED) is 0.690. The van der Waals surface area contributed by atoms with E-state index in [1.165, 1.54) is 0 Å². The van der Waals surface area contributed by atoms with E-state index in [1.54, 1.807) is 31.2 Å². The molecule has 4 N–H and O–H groups in total. The average molecular weight is 250 g/mol. The van der Waals surface area contributed by atoms with Crippen LogP contribution in [0, 0.1) is 5.92 Å². The van der Waals surface area contributed by atoms with Crippen molar-refractivity contribution in [2.45, 2.75) is 26.3 Å². The minimum atomic E-state index is -1.03. The Morgan fingerprint density at radius 2 is 2.00 bits per heavy atom. The molecule has 1 unspecified atom stereocenters. The van der Waals surface area contributed by atoms with E-state index in [1.807, 2.05) is 6.92 Å². The Hall–Kier alpha value is -2.04. The number of hydrogen-bond acceptors (Lipinski definition) is 3. The fraction of sp³-hybridized carbons (Fsp3) is 0.385. The third kappa shape index (κ3) is 3.23. The monoisotopic (exact) mass is 250 g/mol. The number of aliphatic carboxylic acids is 1. The number of hydrogen-bond donors (Lipinski definition) is 3. The summed E-state index contributed by atoms with van der Waals surface area (Å²) < 4.78 is 0. The van der Waals surface area contributed by atoms with Gasteiger partial charge in [0, 0.05) is 5.69 Å². The maximum atomic E-state index is 11.9. The van der Waals surface area contributed by atoms with Crippen LogP contribution in [0.3, 0.4) is 0 Å². The van der Waals surface area contributed by atoms with Crippen LogP contribution in [0.1, 0.15) is 30.6 Å². The van der Waals surface area contributed by atoms with Crippen LogP contribution in [-0.2, 0) is 4.79 Å². The summed E-state index contributed by atoms with van der Waals surface area (Å²) in [7, 11) is 0. The average Bonchev–Trinajstić information content (AvgIpc) is 2.35. The summed E-state index contributed by atoms with van der Waals surface area (Å²) in [6.07, 6.45) is 0.668. The molecule has 0 heterocycles. The van der Waals surface area contributed by atoms with Crippen LogP contribution in [0.4, 0.5) is 5.69 Å². The number of carbonyl (C=O) groups excluding carboxylic acids is 1. The van der Waals surface area contributed by atoms with Crippen LogP contribution in [0.15, 0.2) is 24.3 Å². The first-order valence-electron chi connectivity index (χ1n) is 5.85. The second-order valence-corrected chi connectivity index (χ2v) is 4.26. The van der Waals surface area contributed by atoms with Gasteiger partial charge >= 0.3 is 5.97 Å². The number of para-hydroxylation sites is 1. The Labute approximate surface area is 106 Å². The Morgan fingerprint density at radius 3 is 2.50 bits per heavy atom. The Balaban J connectivity index is 2.86. The van der Waals surface area contributed by atoms with Crippen molar-refractivity contribution in [3.8, 4) is 0 Å². The van der Waals surface area contributed by atoms with E-state index < -0.39 is 17.9 Å². The SMILES string of the molecule is CCC(C)[C@H](NC(=O)c1ccccc1N)C(=O)O. The lowest BCUT2D eigenvalue weighted by Crippen LogP contribution is -2.45. The molecule has 1 aromatic rings. The van der Waals surface area contributed by atoms with Crippen molar-refractivity contribution in [3.63, 3.8) is 0 Å². The van der Waals surface area contributed by atoms with Gasteiger partial charge in [-0.2, -0.15) is 0 Å². The van der Waals surface area contributed by atoms with E-state index in [-0.39, 0.29) is 5.92 Å².